The van der Waals surface area contributed by atoms with Crippen molar-refractivity contribution in [3.8, 4) is 22.6 Å². The minimum absolute atomic E-state index is 0.0320. The van der Waals surface area contributed by atoms with Crippen molar-refractivity contribution in [3.63, 3.8) is 0 Å². The van der Waals surface area contributed by atoms with Crippen molar-refractivity contribution < 1.29 is 19.4 Å². The third-order valence-electron chi connectivity index (χ3n) is 9.08. The summed E-state index contributed by atoms with van der Waals surface area (Å²) in [4.78, 5) is 28.6. The lowest BCUT2D eigenvalue weighted by Crippen LogP contribution is -2.33. The summed E-state index contributed by atoms with van der Waals surface area (Å²) in [5.74, 6) is 2.09. The molecule has 0 radical (unpaired) electrons. The van der Waals surface area contributed by atoms with E-state index in [1.165, 1.54) is 0 Å². The minimum atomic E-state index is -0.0523. The molecule has 1 saturated carbocycles. The average Bonchev–Trinajstić information content (AvgIpc) is 3.10. The van der Waals surface area contributed by atoms with Gasteiger partial charge in [-0.2, -0.15) is 0 Å². The molecule has 46 heavy (non-hydrogen) atoms. The van der Waals surface area contributed by atoms with Crippen molar-refractivity contribution in [2.75, 3.05) is 26.7 Å². The summed E-state index contributed by atoms with van der Waals surface area (Å²) in [6.07, 6.45) is 5.46. The van der Waals surface area contributed by atoms with E-state index >= 15 is 0 Å². The molecular weight excluding hydrogens is 574 g/mol. The molecule has 7 heteroatoms. The van der Waals surface area contributed by atoms with Crippen LogP contribution in [0.3, 0.4) is 0 Å². The van der Waals surface area contributed by atoms with E-state index in [-0.39, 0.29) is 24.0 Å². The second kappa shape index (κ2) is 16.1. The fourth-order valence-electron chi connectivity index (χ4n) is 6.17. The average molecular weight is 620 g/mol. The number of nitrogens with one attached hydrogen (secondary N) is 1. The molecule has 1 aliphatic rings. The summed E-state index contributed by atoms with van der Waals surface area (Å²) >= 11 is 0. The SMILES string of the molecule is COc1ccc(CC(=O)N(CCc2ccc(O)cc2)Cc2cccc(-c3cccc(C(=O)NCC4CCC(CN)CC4)c3)c2)cc1. The molecular formula is C39H45N3O4. The van der Waals surface area contributed by atoms with Gasteiger partial charge in [0, 0.05) is 25.2 Å². The summed E-state index contributed by atoms with van der Waals surface area (Å²) in [7, 11) is 1.63. The molecule has 5 rings (SSSR count). The Kier molecular flexibility index (Phi) is 11.5. The molecule has 0 unspecified atom stereocenters. The van der Waals surface area contributed by atoms with E-state index in [0.29, 0.717) is 43.5 Å². The summed E-state index contributed by atoms with van der Waals surface area (Å²) in [5, 5.41) is 12.8. The first-order valence-electron chi connectivity index (χ1n) is 16.3. The predicted octanol–water partition coefficient (Wildman–Crippen LogP) is 6.38. The normalized spacial score (nSPS) is 16.0. The van der Waals surface area contributed by atoms with Gasteiger partial charge < -0.3 is 25.8 Å². The number of carbonyl (C=O) groups excluding carboxylic acids is 2. The van der Waals surface area contributed by atoms with E-state index in [1.54, 1.807) is 19.2 Å². The van der Waals surface area contributed by atoms with Crippen LogP contribution >= 0.6 is 0 Å². The van der Waals surface area contributed by atoms with Crippen molar-refractivity contribution in [2.45, 2.75) is 45.1 Å². The van der Waals surface area contributed by atoms with Crippen molar-refractivity contribution in [1.82, 2.24) is 10.2 Å². The Morgan fingerprint density at radius 1 is 0.826 bits per heavy atom. The lowest BCUT2D eigenvalue weighted by Gasteiger charge is -2.27. The molecule has 0 saturated heterocycles. The standard InChI is InChI=1S/C39H45N3O4/c1-46-37-18-14-29(15-19-37)23-38(44)42(21-20-28-12-16-36(43)17-13-28)27-32-4-2-5-33(22-32)34-6-3-7-35(24-34)39(45)41-26-31-10-8-30(25-40)9-11-31/h2-7,12-19,22,24,30-31,43H,8-11,20-21,23,25-27,40H2,1H3,(H,41,45). The highest BCUT2D eigenvalue weighted by Crippen LogP contribution is 2.28. The Balaban J connectivity index is 1.27. The highest BCUT2D eigenvalue weighted by molar-refractivity contribution is 5.95. The molecule has 0 aromatic heterocycles. The van der Waals surface area contributed by atoms with E-state index in [1.807, 2.05) is 83.8 Å². The van der Waals surface area contributed by atoms with Gasteiger partial charge in [-0.3, -0.25) is 9.59 Å². The molecule has 0 heterocycles. The Hall–Kier alpha value is -4.62. The van der Waals surface area contributed by atoms with Gasteiger partial charge in [0.05, 0.1) is 13.5 Å². The van der Waals surface area contributed by atoms with Crippen molar-refractivity contribution >= 4 is 11.8 Å². The number of hydrogen-bond donors (Lipinski definition) is 3. The van der Waals surface area contributed by atoms with E-state index in [0.717, 1.165) is 65.8 Å². The van der Waals surface area contributed by atoms with E-state index in [2.05, 4.69) is 11.4 Å². The number of phenolic OH excluding ortho intramolecular Hbond substituents is 1. The van der Waals surface area contributed by atoms with Crippen molar-refractivity contribution in [3.05, 3.63) is 119 Å². The molecule has 240 valence electrons. The number of aromatic hydroxyl groups is 1. The van der Waals surface area contributed by atoms with Gasteiger partial charge in [0.25, 0.3) is 5.91 Å². The summed E-state index contributed by atoms with van der Waals surface area (Å²) in [6.45, 7) is 2.44. The van der Waals surface area contributed by atoms with Crippen LogP contribution < -0.4 is 15.8 Å². The number of hydrogen-bond acceptors (Lipinski definition) is 5. The van der Waals surface area contributed by atoms with E-state index < -0.39 is 0 Å². The summed E-state index contributed by atoms with van der Waals surface area (Å²) < 4.78 is 5.27. The van der Waals surface area contributed by atoms with Gasteiger partial charge in [0.2, 0.25) is 5.91 Å². The maximum Gasteiger partial charge on any atom is 0.251 e. The maximum absolute atomic E-state index is 13.6. The quantitative estimate of drug-likeness (QED) is 0.161. The number of carbonyl (C=O) groups is 2. The molecule has 0 bridgehead atoms. The third-order valence-corrected chi connectivity index (χ3v) is 9.08. The lowest BCUT2D eigenvalue weighted by atomic mass is 9.82. The molecule has 0 aliphatic heterocycles. The number of ether oxygens (including phenoxy) is 1. The molecule has 0 atom stereocenters. The van der Waals surface area contributed by atoms with Crippen LogP contribution in [0.25, 0.3) is 11.1 Å². The second-order valence-corrected chi connectivity index (χ2v) is 12.4. The highest BCUT2D eigenvalue weighted by Gasteiger charge is 2.21. The zero-order valence-corrected chi connectivity index (χ0v) is 26.7. The minimum Gasteiger partial charge on any atom is -0.508 e. The molecule has 0 spiro atoms. The number of benzene rings is 4. The first-order chi connectivity index (χ1) is 22.4. The monoisotopic (exact) mass is 619 g/mol. The van der Waals surface area contributed by atoms with Gasteiger partial charge in [-0.25, -0.2) is 0 Å². The highest BCUT2D eigenvalue weighted by atomic mass is 16.5. The van der Waals surface area contributed by atoms with Gasteiger partial charge in [-0.15, -0.1) is 0 Å². The Labute approximate surface area is 272 Å². The van der Waals surface area contributed by atoms with Crippen LogP contribution in [0.1, 0.15) is 52.7 Å². The van der Waals surface area contributed by atoms with Crippen molar-refractivity contribution in [1.29, 1.82) is 0 Å². The smallest absolute Gasteiger partial charge is 0.251 e. The van der Waals surface area contributed by atoms with Crippen LogP contribution in [0.4, 0.5) is 0 Å². The van der Waals surface area contributed by atoms with Gasteiger partial charge in [0.1, 0.15) is 11.5 Å². The van der Waals surface area contributed by atoms with Crippen LogP contribution in [-0.4, -0.2) is 48.6 Å². The largest absolute Gasteiger partial charge is 0.508 e. The summed E-state index contributed by atoms with van der Waals surface area (Å²) in [6, 6.07) is 30.6. The Morgan fingerprint density at radius 2 is 1.48 bits per heavy atom. The van der Waals surface area contributed by atoms with Gasteiger partial charge in [0.15, 0.2) is 0 Å². The fourth-order valence-corrected chi connectivity index (χ4v) is 6.17. The number of nitrogens with zero attached hydrogens (tertiary/aromatic N) is 1. The van der Waals surface area contributed by atoms with Crippen LogP contribution in [0, 0.1) is 11.8 Å². The molecule has 4 N–H and O–H groups in total. The molecule has 7 nitrogen and oxygen atoms in total. The van der Waals surface area contributed by atoms with E-state index in [4.69, 9.17) is 10.5 Å². The fraction of sp³-hybridized carbons (Fsp3) is 0.333. The molecule has 1 aliphatic carbocycles. The van der Waals surface area contributed by atoms with Gasteiger partial charge in [-0.05, 0) is 121 Å². The predicted molar refractivity (Wildman–Crippen MR) is 183 cm³/mol. The molecule has 1 fully saturated rings. The van der Waals surface area contributed by atoms with Crippen LogP contribution in [0.5, 0.6) is 11.5 Å². The first-order valence-corrected chi connectivity index (χ1v) is 16.3. The van der Waals surface area contributed by atoms with Crippen LogP contribution in [-0.2, 0) is 24.2 Å². The Bertz CT molecular complexity index is 1580. The van der Waals surface area contributed by atoms with Crippen LogP contribution in [0.2, 0.25) is 0 Å². The maximum atomic E-state index is 13.6. The molecule has 2 amide bonds. The zero-order chi connectivity index (χ0) is 32.3. The topological polar surface area (TPSA) is 105 Å². The van der Waals surface area contributed by atoms with E-state index in [9.17, 15) is 14.7 Å². The first kappa shape index (κ1) is 32.8. The van der Waals surface area contributed by atoms with Gasteiger partial charge in [-0.1, -0.05) is 54.6 Å². The number of rotatable bonds is 13. The number of methoxy groups -OCH3 is 1. The molecule has 4 aromatic carbocycles. The number of nitrogens with two attached hydrogens (primary N) is 1. The Morgan fingerprint density at radius 3 is 2.17 bits per heavy atom. The summed E-state index contributed by atoms with van der Waals surface area (Å²) in [5.41, 5.74) is 11.4. The molecule has 4 aromatic rings. The number of amides is 2. The number of phenols is 1. The van der Waals surface area contributed by atoms with Crippen LogP contribution in [0.15, 0.2) is 97.1 Å². The van der Waals surface area contributed by atoms with Gasteiger partial charge >= 0.3 is 0 Å². The van der Waals surface area contributed by atoms with Crippen molar-refractivity contribution in [2.24, 2.45) is 17.6 Å². The third kappa shape index (κ3) is 9.21. The lowest BCUT2D eigenvalue weighted by molar-refractivity contribution is -0.131. The zero-order valence-electron chi connectivity index (χ0n) is 26.7. The second-order valence-electron chi connectivity index (χ2n) is 12.4.